The molecule has 1 amide bonds. The van der Waals surface area contributed by atoms with Crippen LogP contribution in [0.4, 0.5) is 0 Å². The number of amides is 1. The summed E-state index contributed by atoms with van der Waals surface area (Å²) in [6, 6.07) is 0.303. The summed E-state index contributed by atoms with van der Waals surface area (Å²) < 4.78 is 2.00. The Hall–Kier alpha value is -1.36. The molecule has 2 aromatic heterocycles. The van der Waals surface area contributed by atoms with Crippen LogP contribution >= 0.6 is 11.3 Å². The lowest BCUT2D eigenvalue weighted by Crippen LogP contribution is -2.35. The van der Waals surface area contributed by atoms with Gasteiger partial charge in [0.2, 0.25) is 0 Å². The van der Waals surface area contributed by atoms with Crippen molar-refractivity contribution in [2.75, 3.05) is 0 Å². The maximum atomic E-state index is 12.6. The Kier molecular flexibility index (Phi) is 6.30. The van der Waals surface area contributed by atoms with Crippen molar-refractivity contribution in [1.82, 2.24) is 14.7 Å². The largest absolute Gasteiger partial charge is 0.348 e. The zero-order chi connectivity index (χ0) is 16.8. The molecule has 0 unspecified atom stereocenters. The standard InChI is InChI=1S/C19H29N3OS/c1-15-14-24-19-21-17(13-22(15)19)18(23)20-16-11-9-7-5-3-2-4-6-8-10-12-16/h13-14,16H,2-12H2,1H3,(H,20,23). The lowest BCUT2D eigenvalue weighted by atomic mass is 9.98. The number of aromatic nitrogens is 2. The number of nitrogens with zero attached hydrogens (tertiary/aromatic N) is 2. The average Bonchev–Trinajstić information content (AvgIpc) is 3.12. The van der Waals surface area contributed by atoms with Crippen LogP contribution in [0.3, 0.4) is 0 Å². The smallest absolute Gasteiger partial charge is 0.271 e. The Balaban J connectivity index is 1.59. The van der Waals surface area contributed by atoms with Gasteiger partial charge in [-0.3, -0.25) is 9.20 Å². The minimum Gasteiger partial charge on any atom is -0.348 e. The summed E-state index contributed by atoms with van der Waals surface area (Å²) in [5, 5.41) is 5.31. The summed E-state index contributed by atoms with van der Waals surface area (Å²) in [6.45, 7) is 2.04. The first-order valence-electron chi connectivity index (χ1n) is 9.48. The summed E-state index contributed by atoms with van der Waals surface area (Å²) >= 11 is 1.59. The maximum absolute atomic E-state index is 12.6. The van der Waals surface area contributed by atoms with Gasteiger partial charge >= 0.3 is 0 Å². The van der Waals surface area contributed by atoms with E-state index < -0.39 is 0 Å². The lowest BCUT2D eigenvalue weighted by Gasteiger charge is -2.19. The van der Waals surface area contributed by atoms with Crippen molar-refractivity contribution in [3.05, 3.63) is 23.0 Å². The number of imidazole rings is 1. The van der Waals surface area contributed by atoms with Gasteiger partial charge in [0, 0.05) is 23.3 Å². The number of carbonyl (C=O) groups excluding carboxylic acids is 1. The zero-order valence-electron chi connectivity index (χ0n) is 14.7. The van der Waals surface area contributed by atoms with E-state index in [1.807, 2.05) is 17.5 Å². The molecule has 3 rings (SSSR count). The van der Waals surface area contributed by atoms with Gasteiger partial charge in [-0.25, -0.2) is 4.98 Å². The fraction of sp³-hybridized carbons (Fsp3) is 0.684. The second-order valence-electron chi connectivity index (χ2n) is 7.09. The van der Waals surface area contributed by atoms with Gasteiger partial charge in [-0.1, -0.05) is 57.8 Å². The quantitative estimate of drug-likeness (QED) is 0.821. The highest BCUT2D eigenvalue weighted by Gasteiger charge is 2.17. The van der Waals surface area contributed by atoms with Crippen LogP contribution in [0.15, 0.2) is 11.6 Å². The number of thiazole rings is 1. The van der Waals surface area contributed by atoms with E-state index in [1.54, 1.807) is 11.3 Å². The van der Waals surface area contributed by atoms with Crippen molar-refractivity contribution >= 4 is 22.2 Å². The molecule has 1 saturated carbocycles. The van der Waals surface area contributed by atoms with E-state index in [-0.39, 0.29) is 5.91 Å². The van der Waals surface area contributed by atoms with Gasteiger partial charge < -0.3 is 5.32 Å². The fourth-order valence-electron chi connectivity index (χ4n) is 3.57. The van der Waals surface area contributed by atoms with Crippen LogP contribution in [0.1, 0.15) is 86.8 Å². The third-order valence-electron chi connectivity index (χ3n) is 5.06. The van der Waals surface area contributed by atoms with Gasteiger partial charge in [-0.05, 0) is 19.8 Å². The molecule has 0 spiro atoms. The Morgan fingerprint density at radius 1 is 1.08 bits per heavy atom. The second-order valence-corrected chi connectivity index (χ2v) is 7.92. The van der Waals surface area contributed by atoms with Crippen molar-refractivity contribution in [2.24, 2.45) is 0 Å². The number of carbonyl (C=O) groups is 1. The van der Waals surface area contributed by atoms with Crippen molar-refractivity contribution < 1.29 is 4.79 Å². The van der Waals surface area contributed by atoms with Gasteiger partial charge in [0.05, 0.1) is 0 Å². The molecular weight excluding hydrogens is 318 g/mol. The van der Waals surface area contributed by atoms with Crippen LogP contribution in [0, 0.1) is 6.92 Å². The number of hydrogen-bond acceptors (Lipinski definition) is 3. The number of nitrogens with one attached hydrogen (secondary N) is 1. The topological polar surface area (TPSA) is 46.4 Å². The molecule has 2 heterocycles. The molecule has 24 heavy (non-hydrogen) atoms. The molecule has 2 aromatic rings. The molecule has 4 nitrogen and oxygen atoms in total. The number of hydrogen-bond donors (Lipinski definition) is 1. The molecule has 1 fully saturated rings. The van der Waals surface area contributed by atoms with Gasteiger partial charge in [0.1, 0.15) is 5.69 Å². The highest BCUT2D eigenvalue weighted by atomic mass is 32.1. The Morgan fingerprint density at radius 3 is 2.25 bits per heavy atom. The summed E-state index contributed by atoms with van der Waals surface area (Å²) in [4.78, 5) is 18.0. The van der Waals surface area contributed by atoms with E-state index in [9.17, 15) is 4.79 Å². The van der Waals surface area contributed by atoms with Crippen LogP contribution in [-0.2, 0) is 0 Å². The molecule has 0 bridgehead atoms. The molecular formula is C19H29N3OS. The van der Waals surface area contributed by atoms with Crippen LogP contribution in [0.2, 0.25) is 0 Å². The van der Waals surface area contributed by atoms with Gasteiger partial charge in [-0.2, -0.15) is 0 Å². The van der Waals surface area contributed by atoms with E-state index in [2.05, 4.69) is 15.7 Å². The number of rotatable bonds is 2. The Bertz CT molecular complexity index is 649. The predicted molar refractivity (Wildman–Crippen MR) is 99.8 cm³/mol. The van der Waals surface area contributed by atoms with Crippen molar-refractivity contribution in [1.29, 1.82) is 0 Å². The Labute approximate surface area is 148 Å². The van der Waals surface area contributed by atoms with E-state index in [1.165, 1.54) is 57.8 Å². The van der Waals surface area contributed by atoms with Gasteiger partial charge in [0.15, 0.2) is 4.96 Å². The van der Waals surface area contributed by atoms with Crippen molar-refractivity contribution in [2.45, 2.75) is 83.6 Å². The predicted octanol–water partition coefficient (Wildman–Crippen LogP) is 5.11. The van der Waals surface area contributed by atoms with E-state index in [0.29, 0.717) is 11.7 Å². The van der Waals surface area contributed by atoms with E-state index in [4.69, 9.17) is 0 Å². The normalized spacial score (nSPS) is 18.9. The monoisotopic (exact) mass is 347 g/mol. The van der Waals surface area contributed by atoms with Gasteiger partial charge in [0.25, 0.3) is 5.91 Å². The molecule has 132 valence electrons. The van der Waals surface area contributed by atoms with Crippen molar-refractivity contribution in [3.63, 3.8) is 0 Å². The third-order valence-corrected chi connectivity index (χ3v) is 6.02. The van der Waals surface area contributed by atoms with Crippen LogP contribution in [0.25, 0.3) is 4.96 Å². The lowest BCUT2D eigenvalue weighted by molar-refractivity contribution is 0.0927. The van der Waals surface area contributed by atoms with Gasteiger partial charge in [-0.15, -0.1) is 11.3 Å². The minimum atomic E-state index is -0.0117. The second kappa shape index (κ2) is 8.65. The third kappa shape index (κ3) is 4.59. The summed E-state index contributed by atoms with van der Waals surface area (Å²) in [6.07, 6.45) is 16.0. The summed E-state index contributed by atoms with van der Waals surface area (Å²) in [5.41, 5.74) is 1.68. The molecule has 1 aliphatic rings. The first kappa shape index (κ1) is 17.5. The highest BCUT2D eigenvalue weighted by Crippen LogP contribution is 2.19. The van der Waals surface area contributed by atoms with Crippen LogP contribution in [-0.4, -0.2) is 21.3 Å². The van der Waals surface area contributed by atoms with Crippen molar-refractivity contribution in [3.8, 4) is 0 Å². The molecule has 0 radical (unpaired) electrons. The molecule has 0 atom stereocenters. The molecule has 0 aromatic carbocycles. The molecule has 1 N–H and O–H groups in total. The molecule has 0 saturated heterocycles. The first-order chi connectivity index (χ1) is 11.7. The number of aryl methyl sites for hydroxylation is 1. The fourth-order valence-corrected chi connectivity index (χ4v) is 4.42. The van der Waals surface area contributed by atoms with Crippen LogP contribution < -0.4 is 5.32 Å². The van der Waals surface area contributed by atoms with E-state index in [0.717, 1.165) is 23.5 Å². The first-order valence-corrected chi connectivity index (χ1v) is 10.4. The highest BCUT2D eigenvalue weighted by molar-refractivity contribution is 7.15. The summed E-state index contributed by atoms with van der Waals surface area (Å²) in [7, 11) is 0. The molecule has 0 aliphatic heterocycles. The molecule has 5 heteroatoms. The Morgan fingerprint density at radius 2 is 1.67 bits per heavy atom. The van der Waals surface area contributed by atoms with E-state index >= 15 is 0 Å². The number of fused-ring (bicyclic) bond motifs is 1. The zero-order valence-corrected chi connectivity index (χ0v) is 15.5. The maximum Gasteiger partial charge on any atom is 0.271 e. The average molecular weight is 348 g/mol. The minimum absolute atomic E-state index is 0.0117. The SMILES string of the molecule is Cc1csc2nc(C(=O)NC3CCCCCCCCCCC3)cn12. The summed E-state index contributed by atoms with van der Waals surface area (Å²) in [5.74, 6) is -0.0117. The van der Waals surface area contributed by atoms with Crippen LogP contribution in [0.5, 0.6) is 0 Å². The molecule has 1 aliphatic carbocycles.